The van der Waals surface area contributed by atoms with E-state index in [2.05, 4.69) is 0 Å². The van der Waals surface area contributed by atoms with Crippen LogP contribution in [0.4, 0.5) is 0 Å². The van der Waals surface area contributed by atoms with Gasteiger partial charge in [-0.25, -0.2) is 4.79 Å². The fraction of sp³-hybridized carbons (Fsp3) is 0.133. The topological polar surface area (TPSA) is 35.1 Å². The van der Waals surface area contributed by atoms with E-state index in [0.717, 1.165) is 21.2 Å². The summed E-state index contributed by atoms with van der Waals surface area (Å²) in [6, 6.07) is 15.1. The normalized spacial score (nSPS) is 11.1. The third kappa shape index (κ3) is 2.76. The second kappa shape index (κ2) is 5.77. The van der Waals surface area contributed by atoms with Gasteiger partial charge in [0.1, 0.15) is 0 Å². The van der Waals surface area contributed by atoms with Gasteiger partial charge in [-0.2, -0.15) is 0 Å². The SMILES string of the molecule is O=c1oc2ccccc2n1CCSc1ccc(Cl)cc1. The molecular weight excluding hydrogens is 294 g/mol. The summed E-state index contributed by atoms with van der Waals surface area (Å²) in [7, 11) is 0. The highest BCUT2D eigenvalue weighted by Crippen LogP contribution is 2.21. The maximum absolute atomic E-state index is 11.8. The van der Waals surface area contributed by atoms with Gasteiger partial charge in [-0.15, -0.1) is 11.8 Å². The molecule has 102 valence electrons. The molecule has 0 aliphatic rings. The van der Waals surface area contributed by atoms with E-state index in [1.54, 1.807) is 22.4 Å². The third-order valence-electron chi connectivity index (χ3n) is 2.97. The van der Waals surface area contributed by atoms with Crippen molar-refractivity contribution in [1.82, 2.24) is 4.57 Å². The van der Waals surface area contributed by atoms with Crippen molar-refractivity contribution in [2.45, 2.75) is 11.4 Å². The monoisotopic (exact) mass is 305 g/mol. The van der Waals surface area contributed by atoms with Crippen molar-refractivity contribution in [2.24, 2.45) is 0 Å². The summed E-state index contributed by atoms with van der Waals surface area (Å²) in [5, 5.41) is 0.728. The molecule has 0 atom stereocenters. The van der Waals surface area contributed by atoms with Crippen LogP contribution in [0.1, 0.15) is 0 Å². The number of thioether (sulfide) groups is 1. The molecule has 5 heteroatoms. The van der Waals surface area contributed by atoms with Gasteiger partial charge in [-0.05, 0) is 36.4 Å². The molecule has 0 aliphatic carbocycles. The average Bonchev–Trinajstić information content (AvgIpc) is 2.77. The highest BCUT2D eigenvalue weighted by molar-refractivity contribution is 7.99. The Labute approximate surface area is 125 Å². The Kier molecular flexibility index (Phi) is 3.85. The number of aromatic nitrogens is 1. The first-order valence-corrected chi connectivity index (χ1v) is 7.57. The largest absolute Gasteiger partial charge is 0.419 e. The molecule has 2 aromatic carbocycles. The van der Waals surface area contributed by atoms with Crippen LogP contribution in [0.25, 0.3) is 11.1 Å². The van der Waals surface area contributed by atoms with Crippen molar-refractivity contribution >= 4 is 34.5 Å². The number of benzene rings is 2. The Hall–Kier alpha value is -1.65. The molecule has 0 unspecified atom stereocenters. The number of para-hydroxylation sites is 2. The summed E-state index contributed by atoms with van der Waals surface area (Å²) in [6.07, 6.45) is 0. The number of hydrogen-bond donors (Lipinski definition) is 0. The van der Waals surface area contributed by atoms with E-state index in [1.807, 2.05) is 42.5 Å². The van der Waals surface area contributed by atoms with Crippen LogP contribution in [-0.4, -0.2) is 10.3 Å². The van der Waals surface area contributed by atoms with E-state index in [-0.39, 0.29) is 5.76 Å². The van der Waals surface area contributed by atoms with Crippen molar-refractivity contribution in [1.29, 1.82) is 0 Å². The molecule has 1 heterocycles. The molecule has 0 bridgehead atoms. The van der Waals surface area contributed by atoms with Gasteiger partial charge in [0.25, 0.3) is 0 Å². The molecule has 0 aliphatic heterocycles. The number of aryl methyl sites for hydroxylation is 1. The zero-order chi connectivity index (χ0) is 13.9. The number of halogens is 1. The minimum atomic E-state index is -0.303. The summed E-state index contributed by atoms with van der Waals surface area (Å²) >= 11 is 7.53. The van der Waals surface area contributed by atoms with Crippen LogP contribution in [-0.2, 0) is 6.54 Å². The Morgan fingerprint density at radius 1 is 1.10 bits per heavy atom. The number of rotatable bonds is 4. The minimum absolute atomic E-state index is 0.303. The standard InChI is InChI=1S/C15H12ClNO2S/c16-11-5-7-12(8-6-11)20-10-9-17-13-3-1-2-4-14(13)19-15(17)18/h1-8H,9-10H2. The van der Waals surface area contributed by atoms with Crippen LogP contribution >= 0.6 is 23.4 Å². The summed E-state index contributed by atoms with van der Waals surface area (Å²) in [5.41, 5.74) is 1.48. The molecule has 0 fully saturated rings. The molecule has 3 aromatic rings. The Morgan fingerprint density at radius 2 is 1.85 bits per heavy atom. The van der Waals surface area contributed by atoms with Crippen LogP contribution in [0.15, 0.2) is 62.6 Å². The molecule has 0 spiro atoms. The van der Waals surface area contributed by atoms with Gasteiger partial charge in [0, 0.05) is 22.2 Å². The van der Waals surface area contributed by atoms with E-state index >= 15 is 0 Å². The van der Waals surface area contributed by atoms with Crippen molar-refractivity contribution in [2.75, 3.05) is 5.75 Å². The Bertz CT molecular complexity index is 776. The van der Waals surface area contributed by atoms with Gasteiger partial charge in [0.05, 0.1) is 5.52 Å². The van der Waals surface area contributed by atoms with E-state index in [4.69, 9.17) is 16.0 Å². The number of oxazole rings is 1. The van der Waals surface area contributed by atoms with Crippen LogP contribution in [0.3, 0.4) is 0 Å². The summed E-state index contributed by atoms with van der Waals surface area (Å²) in [5.74, 6) is 0.494. The molecule has 20 heavy (non-hydrogen) atoms. The lowest BCUT2D eigenvalue weighted by Crippen LogP contribution is -2.15. The lowest BCUT2D eigenvalue weighted by molar-refractivity contribution is 0.514. The number of fused-ring (bicyclic) bond motifs is 1. The van der Waals surface area contributed by atoms with E-state index in [1.165, 1.54) is 0 Å². The molecule has 3 nitrogen and oxygen atoms in total. The van der Waals surface area contributed by atoms with Crippen molar-refractivity contribution < 1.29 is 4.42 Å². The van der Waals surface area contributed by atoms with Crippen LogP contribution in [0.2, 0.25) is 5.02 Å². The number of hydrogen-bond acceptors (Lipinski definition) is 3. The highest BCUT2D eigenvalue weighted by atomic mass is 35.5. The van der Waals surface area contributed by atoms with Gasteiger partial charge < -0.3 is 4.42 Å². The fourth-order valence-electron chi connectivity index (χ4n) is 2.01. The van der Waals surface area contributed by atoms with Crippen LogP contribution in [0.5, 0.6) is 0 Å². The highest BCUT2D eigenvalue weighted by Gasteiger charge is 2.07. The molecular formula is C15H12ClNO2S. The second-order valence-electron chi connectivity index (χ2n) is 4.29. The first-order valence-electron chi connectivity index (χ1n) is 6.21. The van der Waals surface area contributed by atoms with Gasteiger partial charge in [0.2, 0.25) is 0 Å². The molecule has 0 saturated carbocycles. The molecule has 0 amide bonds. The molecule has 0 N–H and O–H groups in total. The minimum Gasteiger partial charge on any atom is -0.408 e. The third-order valence-corrected chi connectivity index (χ3v) is 4.22. The smallest absolute Gasteiger partial charge is 0.408 e. The molecule has 1 aromatic heterocycles. The summed E-state index contributed by atoms with van der Waals surface area (Å²) < 4.78 is 6.86. The first kappa shape index (κ1) is 13.3. The van der Waals surface area contributed by atoms with E-state index in [9.17, 15) is 4.79 Å². The first-order chi connectivity index (χ1) is 9.74. The van der Waals surface area contributed by atoms with Crippen LogP contribution in [0, 0.1) is 0 Å². The maximum Gasteiger partial charge on any atom is 0.419 e. The predicted molar refractivity (Wildman–Crippen MR) is 82.7 cm³/mol. The van der Waals surface area contributed by atoms with Gasteiger partial charge in [0.15, 0.2) is 5.58 Å². The van der Waals surface area contributed by atoms with Gasteiger partial charge >= 0.3 is 5.76 Å². The Morgan fingerprint density at radius 3 is 2.65 bits per heavy atom. The zero-order valence-corrected chi connectivity index (χ0v) is 12.2. The van der Waals surface area contributed by atoms with Gasteiger partial charge in [-0.3, -0.25) is 4.57 Å². The quantitative estimate of drug-likeness (QED) is 0.682. The molecule has 0 saturated heterocycles. The second-order valence-corrected chi connectivity index (χ2v) is 5.89. The number of nitrogens with zero attached hydrogens (tertiary/aromatic N) is 1. The van der Waals surface area contributed by atoms with Gasteiger partial charge in [-0.1, -0.05) is 23.7 Å². The van der Waals surface area contributed by atoms with Crippen molar-refractivity contribution in [3.63, 3.8) is 0 Å². The van der Waals surface area contributed by atoms with Crippen molar-refractivity contribution in [3.05, 3.63) is 64.1 Å². The summed E-state index contributed by atoms with van der Waals surface area (Å²) in [4.78, 5) is 12.9. The molecule has 0 radical (unpaired) electrons. The fourth-order valence-corrected chi connectivity index (χ4v) is 2.98. The van der Waals surface area contributed by atoms with Crippen molar-refractivity contribution in [3.8, 4) is 0 Å². The lowest BCUT2D eigenvalue weighted by Gasteiger charge is -2.03. The Balaban J connectivity index is 1.72. The zero-order valence-electron chi connectivity index (χ0n) is 10.6. The van der Waals surface area contributed by atoms with E-state index < -0.39 is 0 Å². The lowest BCUT2D eigenvalue weighted by atomic mass is 10.3. The predicted octanol–water partition coefficient (Wildman–Crippen LogP) is 4.04. The average molecular weight is 306 g/mol. The molecule has 3 rings (SSSR count). The maximum atomic E-state index is 11.8. The van der Waals surface area contributed by atoms with E-state index in [0.29, 0.717) is 12.1 Å². The summed E-state index contributed by atoms with van der Waals surface area (Å²) in [6.45, 7) is 0.614. The van der Waals surface area contributed by atoms with Crippen LogP contribution < -0.4 is 5.76 Å².